The molecule has 19 heavy (non-hydrogen) atoms. The molecule has 1 rings (SSSR count). The van der Waals surface area contributed by atoms with E-state index in [1.165, 1.54) is 11.8 Å². The zero-order valence-corrected chi connectivity index (χ0v) is 12.0. The average Bonchev–Trinajstić information content (AvgIpc) is 2.40. The number of benzene rings is 1. The largest absolute Gasteiger partial charge is 0.352 e. The van der Waals surface area contributed by atoms with E-state index in [0.29, 0.717) is 23.0 Å². The Labute approximate surface area is 117 Å². The van der Waals surface area contributed by atoms with Gasteiger partial charge in [0.05, 0.1) is 5.69 Å². The summed E-state index contributed by atoms with van der Waals surface area (Å²) in [6.07, 6.45) is 3.66. The van der Waals surface area contributed by atoms with Crippen molar-refractivity contribution in [3.8, 4) is 6.19 Å². The summed E-state index contributed by atoms with van der Waals surface area (Å²) in [6.45, 7) is 4.36. The first-order valence-corrected chi connectivity index (χ1v) is 7.01. The highest BCUT2D eigenvalue weighted by Crippen LogP contribution is 2.21. The Morgan fingerprint density at radius 3 is 2.84 bits per heavy atom. The van der Waals surface area contributed by atoms with Crippen LogP contribution in [0, 0.1) is 18.4 Å². The molecule has 6 heteroatoms. The summed E-state index contributed by atoms with van der Waals surface area (Å²) < 4.78 is 0. The third kappa shape index (κ3) is 4.30. The predicted octanol–water partition coefficient (Wildman–Crippen LogP) is 2.17. The fraction of sp³-hybridized carbons (Fsp3) is 0.308. The van der Waals surface area contributed by atoms with Gasteiger partial charge in [-0.25, -0.2) is 4.99 Å². The molecule has 0 fully saturated rings. The predicted molar refractivity (Wildman–Crippen MR) is 78.5 cm³/mol. The van der Waals surface area contributed by atoms with Gasteiger partial charge in [0.2, 0.25) is 0 Å². The minimum atomic E-state index is -0.127. The van der Waals surface area contributed by atoms with E-state index in [4.69, 9.17) is 5.26 Å². The zero-order valence-electron chi connectivity index (χ0n) is 11.2. The van der Waals surface area contributed by atoms with E-state index in [-0.39, 0.29) is 5.91 Å². The van der Waals surface area contributed by atoms with Crippen LogP contribution in [0.1, 0.15) is 22.8 Å². The van der Waals surface area contributed by atoms with Gasteiger partial charge in [-0.15, -0.1) is 0 Å². The summed E-state index contributed by atoms with van der Waals surface area (Å²) in [5.41, 5.74) is 2.18. The third-order valence-electron chi connectivity index (χ3n) is 2.39. The van der Waals surface area contributed by atoms with Crippen LogP contribution < -0.4 is 10.6 Å². The monoisotopic (exact) mass is 276 g/mol. The average molecular weight is 276 g/mol. The summed E-state index contributed by atoms with van der Waals surface area (Å²) in [5, 5.41) is 14.3. The second-order valence-electron chi connectivity index (χ2n) is 3.72. The molecule has 0 saturated heterocycles. The van der Waals surface area contributed by atoms with Crippen molar-refractivity contribution >= 4 is 28.5 Å². The second-order valence-corrected chi connectivity index (χ2v) is 4.51. The molecule has 0 atom stereocenters. The van der Waals surface area contributed by atoms with Gasteiger partial charge in [-0.1, -0.05) is 17.8 Å². The number of carbonyl (C=O) groups is 1. The fourth-order valence-electron chi connectivity index (χ4n) is 1.42. The maximum atomic E-state index is 11.8. The number of amides is 1. The maximum absolute atomic E-state index is 11.8. The van der Waals surface area contributed by atoms with E-state index >= 15 is 0 Å². The summed E-state index contributed by atoms with van der Waals surface area (Å²) in [6, 6.07) is 5.32. The molecule has 1 amide bonds. The highest BCUT2D eigenvalue weighted by Gasteiger charge is 2.07. The van der Waals surface area contributed by atoms with Crippen molar-refractivity contribution in [2.24, 2.45) is 4.99 Å². The molecule has 0 saturated carbocycles. The molecular formula is C13H16N4OS. The lowest BCUT2D eigenvalue weighted by atomic mass is 10.1. The zero-order chi connectivity index (χ0) is 14.3. The van der Waals surface area contributed by atoms with Crippen molar-refractivity contribution in [2.45, 2.75) is 13.8 Å². The lowest BCUT2D eigenvalue weighted by molar-refractivity contribution is 0.0956. The molecule has 0 aromatic heterocycles. The van der Waals surface area contributed by atoms with Gasteiger partial charge in [0.1, 0.15) is 0 Å². The van der Waals surface area contributed by atoms with Crippen molar-refractivity contribution in [3.63, 3.8) is 0 Å². The third-order valence-corrected chi connectivity index (χ3v) is 2.97. The van der Waals surface area contributed by atoms with E-state index in [1.54, 1.807) is 12.1 Å². The number of nitrogens with zero attached hydrogens (tertiary/aromatic N) is 2. The Morgan fingerprint density at radius 1 is 1.53 bits per heavy atom. The summed E-state index contributed by atoms with van der Waals surface area (Å²) in [5.74, 6) is -0.127. The molecule has 100 valence electrons. The molecular weight excluding hydrogens is 260 g/mol. The van der Waals surface area contributed by atoms with Crippen molar-refractivity contribution < 1.29 is 4.79 Å². The van der Waals surface area contributed by atoms with E-state index in [0.717, 1.165) is 5.56 Å². The van der Waals surface area contributed by atoms with Crippen LogP contribution in [0.3, 0.4) is 0 Å². The van der Waals surface area contributed by atoms with Crippen molar-refractivity contribution in [3.05, 3.63) is 29.3 Å². The van der Waals surface area contributed by atoms with Gasteiger partial charge in [0.25, 0.3) is 5.91 Å². The van der Waals surface area contributed by atoms with E-state index < -0.39 is 0 Å². The van der Waals surface area contributed by atoms with Crippen molar-refractivity contribution in [2.75, 3.05) is 12.8 Å². The minimum absolute atomic E-state index is 0.127. The van der Waals surface area contributed by atoms with Crippen molar-refractivity contribution in [1.29, 1.82) is 5.26 Å². The first kappa shape index (κ1) is 15.1. The van der Waals surface area contributed by atoms with Crippen LogP contribution in [-0.2, 0) is 0 Å². The summed E-state index contributed by atoms with van der Waals surface area (Å²) >= 11 is 1.34. The molecule has 1 aromatic carbocycles. The van der Waals surface area contributed by atoms with Gasteiger partial charge >= 0.3 is 0 Å². The molecule has 0 radical (unpaired) electrons. The smallest absolute Gasteiger partial charge is 0.251 e. The molecule has 0 aliphatic heterocycles. The van der Waals surface area contributed by atoms with Crippen LogP contribution in [0.5, 0.6) is 0 Å². The number of hydrogen-bond donors (Lipinski definition) is 2. The van der Waals surface area contributed by atoms with E-state index in [9.17, 15) is 4.79 Å². The fourth-order valence-corrected chi connectivity index (χ4v) is 1.75. The second kappa shape index (κ2) is 7.44. The summed E-state index contributed by atoms with van der Waals surface area (Å²) in [7, 11) is 0. The number of hydrogen-bond acceptors (Lipinski definition) is 4. The van der Waals surface area contributed by atoms with Gasteiger partial charge in [-0.05, 0) is 37.8 Å². The number of nitrogens with one attached hydrogen (secondary N) is 2. The van der Waals surface area contributed by atoms with E-state index in [1.807, 2.05) is 32.4 Å². The Hall–Kier alpha value is -2.00. The topological polar surface area (TPSA) is 77.3 Å². The molecule has 1 aromatic rings. The van der Waals surface area contributed by atoms with Crippen molar-refractivity contribution in [1.82, 2.24) is 10.6 Å². The molecule has 5 nitrogen and oxygen atoms in total. The van der Waals surface area contributed by atoms with Gasteiger partial charge in [-0.3, -0.25) is 10.1 Å². The number of nitriles is 1. The van der Waals surface area contributed by atoms with Crippen LogP contribution in [0.2, 0.25) is 0 Å². The Balaban J connectivity index is 3.10. The minimum Gasteiger partial charge on any atom is -0.352 e. The quantitative estimate of drug-likeness (QED) is 0.384. The van der Waals surface area contributed by atoms with Crippen LogP contribution in [-0.4, -0.2) is 23.9 Å². The van der Waals surface area contributed by atoms with Crippen LogP contribution in [0.15, 0.2) is 23.2 Å². The number of aliphatic imine (C=N–C) groups is 1. The highest BCUT2D eigenvalue weighted by molar-refractivity contribution is 8.13. The molecule has 0 spiro atoms. The van der Waals surface area contributed by atoms with Gasteiger partial charge in [-0.2, -0.15) is 5.26 Å². The molecule has 0 heterocycles. The number of rotatable bonds is 3. The first-order valence-electron chi connectivity index (χ1n) is 5.79. The molecule has 0 aliphatic rings. The normalized spacial score (nSPS) is 10.7. The number of carbonyl (C=O) groups excluding carboxylic acids is 1. The summed E-state index contributed by atoms with van der Waals surface area (Å²) in [4.78, 5) is 16.1. The lowest BCUT2D eigenvalue weighted by Gasteiger charge is -2.07. The van der Waals surface area contributed by atoms with Gasteiger partial charge < -0.3 is 5.32 Å². The number of thioether (sulfide) groups is 1. The van der Waals surface area contributed by atoms with Gasteiger partial charge in [0, 0.05) is 12.1 Å². The highest BCUT2D eigenvalue weighted by atomic mass is 32.2. The SMILES string of the molecule is CCNC(=O)c1ccc(C)c(N=C(NC#N)SC)c1. The number of amidine groups is 1. The number of aryl methyl sites for hydroxylation is 1. The first-order chi connectivity index (χ1) is 9.12. The lowest BCUT2D eigenvalue weighted by Crippen LogP contribution is -2.22. The standard InChI is InChI=1S/C13H16N4OS/c1-4-15-12(18)10-6-5-9(2)11(7-10)17-13(19-3)16-8-14/h5-7H,4H2,1-3H3,(H,15,18)(H,16,17). The Morgan fingerprint density at radius 2 is 2.26 bits per heavy atom. The Kier molecular flexibility index (Phi) is 5.90. The molecule has 0 aliphatic carbocycles. The Bertz CT molecular complexity index is 534. The van der Waals surface area contributed by atoms with Crippen LogP contribution in [0.25, 0.3) is 0 Å². The molecule has 2 N–H and O–H groups in total. The van der Waals surface area contributed by atoms with Gasteiger partial charge in [0.15, 0.2) is 11.4 Å². The molecule has 0 bridgehead atoms. The van der Waals surface area contributed by atoms with Crippen LogP contribution >= 0.6 is 11.8 Å². The van der Waals surface area contributed by atoms with Crippen LogP contribution in [0.4, 0.5) is 5.69 Å². The molecule has 0 unspecified atom stereocenters. The van der Waals surface area contributed by atoms with E-state index in [2.05, 4.69) is 15.6 Å². The maximum Gasteiger partial charge on any atom is 0.251 e.